The van der Waals surface area contributed by atoms with E-state index in [4.69, 9.17) is 4.42 Å². The Bertz CT molecular complexity index is 769. The smallest absolute Gasteiger partial charge is 0.411 e. The van der Waals surface area contributed by atoms with Crippen LogP contribution in [0.3, 0.4) is 0 Å². The molecule has 0 atom stereocenters. The number of benzene rings is 1. The minimum Gasteiger partial charge on any atom is -0.415 e. The van der Waals surface area contributed by atoms with Gasteiger partial charge in [-0.05, 0) is 29.1 Å². The molecule has 120 valence electrons. The summed E-state index contributed by atoms with van der Waals surface area (Å²) in [6, 6.07) is 10.5. The van der Waals surface area contributed by atoms with Crippen LogP contribution < -0.4 is 0 Å². The van der Waals surface area contributed by atoms with E-state index in [-0.39, 0.29) is 6.61 Å². The Labute approximate surface area is 133 Å². The Kier molecular flexibility index (Phi) is 4.44. The topological polar surface area (TPSA) is 48.2 Å². The minimum absolute atomic E-state index is 0.140. The molecular weight excluding hydrogens is 329 g/mol. The molecule has 2 aromatic heterocycles. The highest BCUT2D eigenvalue weighted by Gasteiger charge is 2.27. The van der Waals surface area contributed by atoms with Gasteiger partial charge in [-0.15, -0.1) is 21.5 Å². The van der Waals surface area contributed by atoms with Crippen molar-refractivity contribution in [2.75, 3.05) is 6.61 Å². The molecule has 0 radical (unpaired) electrons. The highest BCUT2D eigenvalue weighted by atomic mass is 32.1. The van der Waals surface area contributed by atoms with Gasteiger partial charge < -0.3 is 9.15 Å². The molecule has 0 aliphatic carbocycles. The Morgan fingerprint density at radius 2 is 1.91 bits per heavy atom. The first-order chi connectivity index (χ1) is 11.0. The Balaban J connectivity index is 1.72. The molecule has 0 aliphatic heterocycles. The largest absolute Gasteiger partial charge is 0.415 e. The third kappa shape index (κ3) is 4.17. The summed E-state index contributed by atoms with van der Waals surface area (Å²) >= 11 is 1.48. The molecule has 2 heterocycles. The van der Waals surface area contributed by atoms with Gasteiger partial charge in [-0.3, -0.25) is 0 Å². The van der Waals surface area contributed by atoms with E-state index in [1.807, 2.05) is 17.5 Å². The van der Waals surface area contributed by atoms with E-state index in [9.17, 15) is 13.2 Å². The zero-order chi connectivity index (χ0) is 16.3. The van der Waals surface area contributed by atoms with E-state index in [1.54, 1.807) is 24.3 Å². The third-order valence-corrected chi connectivity index (χ3v) is 3.72. The number of alkyl halides is 3. The quantitative estimate of drug-likeness (QED) is 0.684. The number of aromatic nitrogens is 2. The molecule has 3 aromatic rings. The Morgan fingerprint density at radius 1 is 1.09 bits per heavy atom. The van der Waals surface area contributed by atoms with Gasteiger partial charge in [0.2, 0.25) is 5.89 Å². The number of hydrogen-bond donors (Lipinski definition) is 0. The SMILES string of the molecule is FC(F)(F)COCc1cccc(-c2nnc(-c3cccs3)o2)c1. The van der Waals surface area contributed by atoms with Crippen molar-refractivity contribution < 1.29 is 22.3 Å². The zero-order valence-corrected chi connectivity index (χ0v) is 12.5. The monoisotopic (exact) mass is 340 g/mol. The van der Waals surface area contributed by atoms with Crippen molar-refractivity contribution in [3.63, 3.8) is 0 Å². The number of nitrogens with zero attached hydrogens (tertiary/aromatic N) is 2. The average Bonchev–Trinajstić information content (AvgIpc) is 3.17. The highest BCUT2D eigenvalue weighted by molar-refractivity contribution is 7.13. The van der Waals surface area contributed by atoms with Gasteiger partial charge >= 0.3 is 6.18 Å². The van der Waals surface area contributed by atoms with E-state index < -0.39 is 12.8 Å². The number of halogens is 3. The molecule has 0 aliphatic rings. The first-order valence-corrected chi connectivity index (χ1v) is 7.50. The van der Waals surface area contributed by atoms with Gasteiger partial charge in [0, 0.05) is 5.56 Å². The van der Waals surface area contributed by atoms with Gasteiger partial charge in [0.1, 0.15) is 6.61 Å². The molecule has 0 fully saturated rings. The fourth-order valence-electron chi connectivity index (χ4n) is 1.92. The van der Waals surface area contributed by atoms with E-state index in [0.717, 1.165) is 4.88 Å². The lowest BCUT2D eigenvalue weighted by molar-refractivity contribution is -0.176. The third-order valence-electron chi connectivity index (χ3n) is 2.87. The first-order valence-electron chi connectivity index (χ1n) is 6.62. The maximum Gasteiger partial charge on any atom is 0.411 e. The van der Waals surface area contributed by atoms with E-state index in [0.29, 0.717) is 22.9 Å². The minimum atomic E-state index is -4.33. The van der Waals surface area contributed by atoms with Gasteiger partial charge in [-0.2, -0.15) is 13.2 Å². The molecule has 3 rings (SSSR count). The van der Waals surface area contributed by atoms with E-state index >= 15 is 0 Å². The Hall–Kier alpha value is -2.19. The average molecular weight is 340 g/mol. The van der Waals surface area contributed by atoms with Crippen LogP contribution in [0.1, 0.15) is 5.56 Å². The molecule has 0 unspecified atom stereocenters. The van der Waals surface area contributed by atoms with Gasteiger partial charge in [0.05, 0.1) is 11.5 Å². The van der Waals surface area contributed by atoms with Crippen molar-refractivity contribution in [1.82, 2.24) is 10.2 Å². The maximum absolute atomic E-state index is 12.1. The molecule has 0 saturated heterocycles. The molecule has 4 nitrogen and oxygen atoms in total. The van der Waals surface area contributed by atoms with Gasteiger partial charge in [0.25, 0.3) is 5.89 Å². The van der Waals surface area contributed by atoms with Crippen molar-refractivity contribution >= 4 is 11.3 Å². The number of thiophene rings is 1. The van der Waals surface area contributed by atoms with Crippen molar-refractivity contribution in [2.45, 2.75) is 12.8 Å². The van der Waals surface area contributed by atoms with Crippen LogP contribution in [0.5, 0.6) is 0 Å². The van der Waals surface area contributed by atoms with Crippen molar-refractivity contribution in [3.05, 3.63) is 47.3 Å². The lowest BCUT2D eigenvalue weighted by Gasteiger charge is -2.07. The summed E-state index contributed by atoms with van der Waals surface area (Å²) in [7, 11) is 0. The summed E-state index contributed by atoms with van der Waals surface area (Å²) < 4.78 is 46.5. The highest BCUT2D eigenvalue weighted by Crippen LogP contribution is 2.27. The molecule has 23 heavy (non-hydrogen) atoms. The van der Waals surface area contributed by atoms with Crippen LogP contribution in [0.2, 0.25) is 0 Å². The second-order valence-electron chi connectivity index (χ2n) is 4.70. The molecule has 8 heteroatoms. The van der Waals surface area contributed by atoms with Crippen LogP contribution in [0.4, 0.5) is 13.2 Å². The van der Waals surface area contributed by atoms with E-state index in [1.165, 1.54) is 11.3 Å². The van der Waals surface area contributed by atoms with Gasteiger partial charge in [-0.25, -0.2) is 0 Å². The lowest BCUT2D eigenvalue weighted by atomic mass is 10.1. The number of rotatable bonds is 5. The predicted molar refractivity (Wildman–Crippen MR) is 78.8 cm³/mol. The summed E-state index contributed by atoms with van der Waals surface area (Å²) in [6.07, 6.45) is -4.33. The van der Waals surface area contributed by atoms with Crippen LogP contribution in [-0.4, -0.2) is 23.0 Å². The van der Waals surface area contributed by atoms with Crippen LogP contribution in [0, 0.1) is 0 Å². The summed E-state index contributed by atoms with van der Waals surface area (Å²) in [6.45, 7) is -1.42. The van der Waals surface area contributed by atoms with Crippen molar-refractivity contribution in [1.29, 1.82) is 0 Å². The fourth-order valence-corrected chi connectivity index (χ4v) is 2.56. The number of ether oxygens (including phenoxy) is 1. The van der Waals surface area contributed by atoms with Gasteiger partial charge in [-0.1, -0.05) is 18.2 Å². The normalized spacial score (nSPS) is 11.8. The van der Waals surface area contributed by atoms with Crippen LogP contribution in [0.25, 0.3) is 22.2 Å². The Morgan fingerprint density at radius 3 is 2.65 bits per heavy atom. The summed E-state index contributed by atoms with van der Waals surface area (Å²) in [4.78, 5) is 0.855. The maximum atomic E-state index is 12.1. The summed E-state index contributed by atoms with van der Waals surface area (Å²) in [5.74, 6) is 0.722. The molecule has 0 bridgehead atoms. The molecule has 0 N–H and O–H groups in total. The van der Waals surface area contributed by atoms with E-state index in [2.05, 4.69) is 14.9 Å². The fraction of sp³-hybridized carbons (Fsp3) is 0.200. The van der Waals surface area contributed by atoms with Crippen LogP contribution in [0.15, 0.2) is 46.2 Å². The molecule has 0 saturated carbocycles. The molecule has 0 amide bonds. The zero-order valence-electron chi connectivity index (χ0n) is 11.7. The molecular formula is C15H11F3N2O2S. The summed E-state index contributed by atoms with van der Waals surface area (Å²) in [5, 5.41) is 9.85. The molecule has 0 spiro atoms. The van der Waals surface area contributed by atoms with Crippen molar-refractivity contribution in [3.8, 4) is 22.2 Å². The summed E-state index contributed by atoms with van der Waals surface area (Å²) in [5.41, 5.74) is 1.23. The predicted octanol–water partition coefficient (Wildman–Crippen LogP) is 4.54. The van der Waals surface area contributed by atoms with Gasteiger partial charge in [0.15, 0.2) is 0 Å². The second kappa shape index (κ2) is 6.51. The standard InChI is InChI=1S/C15H11F3N2O2S/c16-15(17,18)9-21-8-10-3-1-4-11(7-10)13-19-20-14(22-13)12-5-2-6-23-12/h1-7H,8-9H2. The second-order valence-corrected chi connectivity index (χ2v) is 5.65. The number of hydrogen-bond acceptors (Lipinski definition) is 5. The molecule has 1 aromatic carbocycles. The van der Waals surface area contributed by atoms with Crippen LogP contribution >= 0.6 is 11.3 Å². The van der Waals surface area contributed by atoms with Crippen LogP contribution in [-0.2, 0) is 11.3 Å². The van der Waals surface area contributed by atoms with Crippen molar-refractivity contribution in [2.24, 2.45) is 0 Å². The first kappa shape index (κ1) is 15.7. The lowest BCUT2D eigenvalue weighted by Crippen LogP contribution is -2.16.